The van der Waals surface area contributed by atoms with Crippen molar-refractivity contribution in [3.8, 4) is 0 Å². The van der Waals surface area contributed by atoms with Crippen molar-refractivity contribution in [2.45, 2.75) is 6.42 Å². The van der Waals surface area contributed by atoms with Gasteiger partial charge in [0.05, 0.1) is 6.42 Å². The zero-order valence-electron chi connectivity index (χ0n) is 6.48. The van der Waals surface area contributed by atoms with E-state index in [2.05, 4.69) is 67.8 Å². The molecule has 0 aromatic heterocycles. The molecule has 1 amide bonds. The number of hydrogen-bond donors (Lipinski definition) is 1. The fourth-order valence-electron chi connectivity index (χ4n) is 0.890. The van der Waals surface area contributed by atoms with E-state index in [0.717, 1.165) is 9.13 Å². The van der Waals surface area contributed by atoms with Crippen LogP contribution in [-0.2, 0) is 11.2 Å². The summed E-state index contributed by atoms with van der Waals surface area (Å²) in [6, 6.07) is 3.96. The quantitative estimate of drug-likeness (QED) is 0.480. The molecule has 0 fully saturated rings. The number of halogens is 3. The third-order valence-electron chi connectivity index (χ3n) is 1.48. The van der Waals surface area contributed by atoms with Crippen molar-refractivity contribution in [1.29, 1.82) is 0 Å². The molecule has 5 heteroatoms. The molecule has 1 rings (SSSR count). The van der Waals surface area contributed by atoms with Gasteiger partial charge < -0.3 is 5.73 Å². The van der Waals surface area contributed by atoms with Crippen molar-refractivity contribution in [3.05, 3.63) is 28.4 Å². The summed E-state index contributed by atoms with van der Waals surface area (Å²) < 4.78 is 3.53. The summed E-state index contributed by atoms with van der Waals surface area (Å²) in [5.74, 6) is -0.282. The van der Waals surface area contributed by atoms with Crippen molar-refractivity contribution in [3.63, 3.8) is 0 Å². The Morgan fingerprint density at radius 2 is 1.85 bits per heavy atom. The number of hydrogen-bond acceptors (Lipinski definition) is 1. The number of primary amides is 1. The molecule has 2 N–H and O–H groups in total. The van der Waals surface area contributed by atoms with E-state index in [9.17, 15) is 4.79 Å². The van der Waals surface area contributed by atoms with E-state index in [1.807, 2.05) is 12.1 Å². The van der Waals surface area contributed by atoms with Crippen LogP contribution in [0.2, 0.25) is 0 Å². The van der Waals surface area contributed by atoms with E-state index < -0.39 is 0 Å². The van der Waals surface area contributed by atoms with E-state index in [4.69, 9.17) is 5.73 Å². The summed E-state index contributed by atoms with van der Waals surface area (Å²) >= 11 is 6.79. The maximum atomic E-state index is 10.7. The Labute approximate surface area is 117 Å². The molecule has 1 aromatic rings. The van der Waals surface area contributed by atoms with E-state index in [0.29, 0.717) is 6.42 Å². The van der Waals surface area contributed by atoms with E-state index in [1.165, 1.54) is 7.14 Å². The Balaban J connectivity index is 3.10. The summed E-state index contributed by atoms with van der Waals surface area (Å²) in [6.07, 6.45) is 0.325. The Morgan fingerprint density at radius 3 is 2.38 bits per heavy atom. The first-order chi connectivity index (χ1) is 6.02. The second kappa shape index (κ2) is 5.10. The van der Waals surface area contributed by atoms with Crippen LogP contribution in [0.15, 0.2) is 12.1 Å². The minimum atomic E-state index is -0.282. The van der Waals surface area contributed by atoms with Gasteiger partial charge in [0.25, 0.3) is 0 Å². The monoisotopic (exact) mass is 513 g/mol. The van der Waals surface area contributed by atoms with E-state index in [1.54, 1.807) is 0 Å². The molecule has 0 heterocycles. The first-order valence-corrected chi connectivity index (χ1v) is 6.66. The topological polar surface area (TPSA) is 43.1 Å². The smallest absolute Gasteiger partial charge is 0.221 e. The van der Waals surface area contributed by atoms with Gasteiger partial charge >= 0.3 is 0 Å². The molecule has 0 aliphatic carbocycles. The molecule has 0 atom stereocenters. The minimum Gasteiger partial charge on any atom is -0.369 e. The molecular weight excluding hydrogens is 507 g/mol. The maximum absolute atomic E-state index is 10.7. The van der Waals surface area contributed by atoms with Crippen LogP contribution in [0.4, 0.5) is 0 Å². The fraction of sp³-hybridized carbons (Fsp3) is 0.125. The van der Waals surface area contributed by atoms with Crippen LogP contribution in [0, 0.1) is 10.7 Å². The summed E-state index contributed by atoms with van der Waals surface area (Å²) in [7, 11) is 0. The molecular formula is C8H6I3NO. The highest BCUT2D eigenvalue weighted by molar-refractivity contribution is 14.1. The molecule has 0 spiro atoms. The predicted molar refractivity (Wildman–Crippen MR) is 77.5 cm³/mol. The van der Waals surface area contributed by atoms with Gasteiger partial charge in [-0.15, -0.1) is 0 Å². The van der Waals surface area contributed by atoms with Crippen LogP contribution >= 0.6 is 67.8 Å². The third-order valence-corrected chi connectivity index (χ3v) is 6.80. The second-order valence-corrected chi connectivity index (χ2v) is 5.80. The number of carbonyl (C=O) groups excluding carboxylic acids is 1. The van der Waals surface area contributed by atoms with Crippen molar-refractivity contribution >= 4 is 73.7 Å². The molecule has 0 saturated heterocycles. The lowest BCUT2D eigenvalue weighted by Crippen LogP contribution is -2.14. The maximum Gasteiger partial charge on any atom is 0.221 e. The summed E-state index contributed by atoms with van der Waals surface area (Å²) in [4.78, 5) is 10.7. The van der Waals surface area contributed by atoms with Crippen LogP contribution in [0.1, 0.15) is 5.56 Å². The molecule has 0 saturated carbocycles. The highest BCUT2D eigenvalue weighted by atomic mass is 127. The Hall–Kier alpha value is 0.880. The lowest BCUT2D eigenvalue weighted by Gasteiger charge is -2.05. The van der Waals surface area contributed by atoms with E-state index in [-0.39, 0.29) is 5.91 Å². The number of amides is 1. The van der Waals surface area contributed by atoms with Crippen LogP contribution < -0.4 is 5.73 Å². The highest BCUT2D eigenvalue weighted by Gasteiger charge is 2.08. The van der Waals surface area contributed by atoms with Gasteiger partial charge in [-0.25, -0.2) is 0 Å². The predicted octanol–water partition coefficient (Wildman–Crippen LogP) is 2.53. The Kier molecular flexibility index (Phi) is 4.69. The first kappa shape index (κ1) is 12.0. The number of nitrogens with two attached hydrogens (primary N) is 1. The molecule has 0 aliphatic rings. The largest absolute Gasteiger partial charge is 0.369 e. The average molecular weight is 513 g/mol. The lowest BCUT2D eigenvalue weighted by molar-refractivity contribution is -0.117. The van der Waals surface area contributed by atoms with Gasteiger partial charge in [0, 0.05) is 10.7 Å². The van der Waals surface area contributed by atoms with Crippen LogP contribution in [-0.4, -0.2) is 5.91 Å². The zero-order chi connectivity index (χ0) is 10.0. The molecule has 2 nitrogen and oxygen atoms in total. The summed E-state index contributed by atoms with van der Waals surface area (Å²) in [5.41, 5.74) is 6.15. The number of carbonyl (C=O) groups is 1. The van der Waals surface area contributed by atoms with Crippen LogP contribution in [0.3, 0.4) is 0 Å². The van der Waals surface area contributed by atoms with Gasteiger partial charge in [-0.2, -0.15) is 0 Å². The SMILES string of the molecule is NC(=O)Cc1ccc(I)c(I)c1I. The summed E-state index contributed by atoms with van der Waals surface area (Å²) in [5, 5.41) is 0. The van der Waals surface area contributed by atoms with Crippen molar-refractivity contribution in [1.82, 2.24) is 0 Å². The fourth-order valence-corrected chi connectivity index (χ4v) is 3.04. The van der Waals surface area contributed by atoms with Crippen molar-refractivity contribution in [2.75, 3.05) is 0 Å². The lowest BCUT2D eigenvalue weighted by atomic mass is 10.1. The number of benzene rings is 1. The molecule has 13 heavy (non-hydrogen) atoms. The van der Waals surface area contributed by atoms with Crippen molar-refractivity contribution in [2.24, 2.45) is 5.73 Å². The molecule has 70 valence electrons. The third kappa shape index (κ3) is 3.18. The van der Waals surface area contributed by atoms with Gasteiger partial charge in [-0.1, -0.05) is 6.07 Å². The van der Waals surface area contributed by atoms with Gasteiger partial charge in [0.1, 0.15) is 0 Å². The average Bonchev–Trinajstić information content (AvgIpc) is 2.06. The molecule has 1 aromatic carbocycles. The summed E-state index contributed by atoms with van der Waals surface area (Å²) in [6.45, 7) is 0. The number of rotatable bonds is 2. The van der Waals surface area contributed by atoms with Crippen molar-refractivity contribution < 1.29 is 4.79 Å². The van der Waals surface area contributed by atoms with Crippen LogP contribution in [0.5, 0.6) is 0 Å². The van der Waals surface area contributed by atoms with Gasteiger partial charge in [-0.3, -0.25) is 4.79 Å². The molecule has 0 aliphatic heterocycles. The highest BCUT2D eigenvalue weighted by Crippen LogP contribution is 2.24. The van der Waals surface area contributed by atoms with Gasteiger partial charge in [0.15, 0.2) is 0 Å². The van der Waals surface area contributed by atoms with Gasteiger partial charge in [-0.05, 0) is 79.4 Å². The Morgan fingerprint density at radius 1 is 1.23 bits per heavy atom. The van der Waals surface area contributed by atoms with Crippen LogP contribution in [0.25, 0.3) is 0 Å². The standard InChI is InChI=1S/C8H6I3NO/c9-5-2-1-4(3-6(12)13)7(10)8(5)11/h1-2H,3H2,(H2,12,13). The first-order valence-electron chi connectivity index (χ1n) is 3.43. The normalized spacial score (nSPS) is 10.1. The minimum absolute atomic E-state index is 0.282. The van der Waals surface area contributed by atoms with E-state index >= 15 is 0 Å². The van der Waals surface area contributed by atoms with Gasteiger partial charge in [0.2, 0.25) is 5.91 Å². The molecule has 0 bridgehead atoms. The molecule has 0 unspecified atom stereocenters. The Bertz CT molecular complexity index is 351. The molecule has 0 radical (unpaired) electrons. The second-order valence-electron chi connectivity index (χ2n) is 2.48. The zero-order valence-corrected chi connectivity index (χ0v) is 13.0.